The van der Waals surface area contributed by atoms with E-state index in [0.717, 1.165) is 11.4 Å². The maximum absolute atomic E-state index is 12.4. The topological polar surface area (TPSA) is 59.5 Å². The van der Waals surface area contributed by atoms with Crippen LogP contribution in [-0.4, -0.2) is 36.9 Å². The lowest BCUT2D eigenvalue weighted by Gasteiger charge is -2.31. The molecule has 7 heteroatoms. The molecule has 1 saturated heterocycles. The number of hydrogen-bond acceptors (Lipinski definition) is 5. The molecule has 118 valence electrons. The largest absolute Gasteiger partial charge is 0.489 e. The lowest BCUT2D eigenvalue weighted by Crippen LogP contribution is -2.41. The van der Waals surface area contributed by atoms with Crippen LogP contribution < -0.4 is 4.74 Å². The number of piperidine rings is 1. The van der Waals surface area contributed by atoms with Gasteiger partial charge in [0.15, 0.2) is 0 Å². The van der Waals surface area contributed by atoms with E-state index in [1.54, 1.807) is 28.0 Å². The van der Waals surface area contributed by atoms with Gasteiger partial charge in [0.05, 0.1) is 6.20 Å². The van der Waals surface area contributed by atoms with Gasteiger partial charge >= 0.3 is 0 Å². The predicted octanol–water partition coefficient (Wildman–Crippen LogP) is 2.68. The molecule has 0 spiro atoms. The van der Waals surface area contributed by atoms with E-state index in [2.05, 4.69) is 4.98 Å². The lowest BCUT2D eigenvalue weighted by molar-refractivity contribution is 0.134. The Bertz CT molecular complexity index is 704. The summed E-state index contributed by atoms with van der Waals surface area (Å²) in [6, 6.07) is 7.22. The summed E-state index contributed by atoms with van der Waals surface area (Å²) in [6.07, 6.45) is 3.14. The van der Waals surface area contributed by atoms with Gasteiger partial charge in [-0.25, -0.2) is 8.42 Å². The molecule has 0 amide bonds. The van der Waals surface area contributed by atoms with E-state index < -0.39 is 10.0 Å². The zero-order valence-electron chi connectivity index (χ0n) is 12.3. The quantitative estimate of drug-likeness (QED) is 0.860. The number of aryl methyl sites for hydroxylation is 1. The summed E-state index contributed by atoms with van der Waals surface area (Å²) < 4.78 is 32.7. The van der Waals surface area contributed by atoms with Crippen molar-refractivity contribution in [3.63, 3.8) is 0 Å². The summed E-state index contributed by atoms with van der Waals surface area (Å²) in [6.45, 7) is 2.91. The van der Waals surface area contributed by atoms with E-state index in [-0.39, 0.29) is 6.10 Å². The Hall–Kier alpha value is -1.44. The van der Waals surface area contributed by atoms with Crippen LogP contribution in [0.25, 0.3) is 0 Å². The van der Waals surface area contributed by atoms with Crippen molar-refractivity contribution in [3.05, 3.63) is 41.5 Å². The standard InChI is InChI=1S/C15H18N2O3S2/c1-12-4-5-14(11-16-12)20-13-6-8-17(9-7-13)22(18,19)15-3-2-10-21-15/h2-5,10-11,13H,6-9H2,1H3. The number of hydrogen-bond donors (Lipinski definition) is 0. The molecule has 0 unspecified atom stereocenters. The Labute approximate surface area is 134 Å². The summed E-state index contributed by atoms with van der Waals surface area (Å²) in [4.78, 5) is 4.20. The highest BCUT2D eigenvalue weighted by atomic mass is 32.2. The number of thiophene rings is 1. The first kappa shape index (κ1) is 15.5. The van der Waals surface area contributed by atoms with E-state index in [1.807, 2.05) is 19.1 Å². The molecular formula is C15H18N2O3S2. The first-order chi connectivity index (χ1) is 10.6. The fourth-order valence-electron chi connectivity index (χ4n) is 2.44. The Morgan fingerprint density at radius 3 is 2.64 bits per heavy atom. The Balaban J connectivity index is 1.60. The third-order valence-electron chi connectivity index (χ3n) is 3.68. The van der Waals surface area contributed by atoms with Gasteiger partial charge in [0.25, 0.3) is 10.0 Å². The third-order valence-corrected chi connectivity index (χ3v) is 6.95. The lowest BCUT2D eigenvalue weighted by atomic mass is 10.1. The first-order valence-electron chi connectivity index (χ1n) is 7.19. The Kier molecular flexibility index (Phi) is 4.46. The molecule has 0 bridgehead atoms. The maximum atomic E-state index is 12.4. The van der Waals surface area contributed by atoms with E-state index in [9.17, 15) is 8.42 Å². The number of rotatable bonds is 4. The van der Waals surface area contributed by atoms with Crippen molar-refractivity contribution >= 4 is 21.4 Å². The average Bonchev–Trinajstić information content (AvgIpc) is 3.05. The van der Waals surface area contributed by atoms with Crippen molar-refractivity contribution in [3.8, 4) is 5.75 Å². The highest BCUT2D eigenvalue weighted by Crippen LogP contribution is 2.25. The second-order valence-electron chi connectivity index (χ2n) is 5.29. The van der Waals surface area contributed by atoms with Crippen LogP contribution >= 0.6 is 11.3 Å². The zero-order valence-corrected chi connectivity index (χ0v) is 13.9. The van der Waals surface area contributed by atoms with Gasteiger partial charge in [0.2, 0.25) is 0 Å². The van der Waals surface area contributed by atoms with Gasteiger partial charge in [-0.1, -0.05) is 6.07 Å². The first-order valence-corrected chi connectivity index (χ1v) is 9.50. The molecule has 0 aliphatic carbocycles. The minimum absolute atomic E-state index is 0.0410. The van der Waals surface area contributed by atoms with Gasteiger partial charge in [-0.2, -0.15) is 4.31 Å². The highest BCUT2D eigenvalue weighted by Gasteiger charge is 2.30. The van der Waals surface area contributed by atoms with Crippen LogP contribution in [-0.2, 0) is 10.0 Å². The summed E-state index contributed by atoms with van der Waals surface area (Å²) in [5.74, 6) is 0.741. The van der Waals surface area contributed by atoms with Crippen LogP contribution in [0.1, 0.15) is 18.5 Å². The van der Waals surface area contributed by atoms with Gasteiger partial charge in [-0.15, -0.1) is 11.3 Å². The molecular weight excluding hydrogens is 320 g/mol. The number of sulfonamides is 1. The van der Waals surface area contributed by atoms with Crippen LogP contribution in [0.2, 0.25) is 0 Å². The molecule has 2 aromatic heterocycles. The third kappa shape index (κ3) is 3.31. The molecule has 0 atom stereocenters. The molecule has 0 N–H and O–H groups in total. The van der Waals surface area contributed by atoms with E-state index >= 15 is 0 Å². The minimum Gasteiger partial charge on any atom is -0.489 e. The molecule has 1 aliphatic rings. The van der Waals surface area contributed by atoms with E-state index in [0.29, 0.717) is 30.1 Å². The molecule has 3 heterocycles. The van der Waals surface area contributed by atoms with Gasteiger partial charge < -0.3 is 4.74 Å². The van der Waals surface area contributed by atoms with Gasteiger partial charge in [-0.05, 0) is 43.3 Å². The molecule has 1 aliphatic heterocycles. The molecule has 0 saturated carbocycles. The molecule has 3 rings (SSSR count). The van der Waals surface area contributed by atoms with Crippen LogP contribution in [0.15, 0.2) is 40.1 Å². The number of pyridine rings is 1. The molecule has 0 radical (unpaired) electrons. The van der Waals surface area contributed by atoms with Crippen LogP contribution in [0.4, 0.5) is 0 Å². The second kappa shape index (κ2) is 6.36. The fourth-order valence-corrected chi connectivity index (χ4v) is 5.06. The van der Waals surface area contributed by atoms with Crippen LogP contribution in [0, 0.1) is 6.92 Å². The smallest absolute Gasteiger partial charge is 0.252 e. The second-order valence-corrected chi connectivity index (χ2v) is 8.40. The van der Waals surface area contributed by atoms with Crippen molar-refractivity contribution in [2.24, 2.45) is 0 Å². The van der Waals surface area contributed by atoms with Crippen molar-refractivity contribution in [1.29, 1.82) is 0 Å². The van der Waals surface area contributed by atoms with Crippen molar-refractivity contribution < 1.29 is 13.2 Å². The Morgan fingerprint density at radius 2 is 2.05 bits per heavy atom. The summed E-state index contributed by atoms with van der Waals surface area (Å²) in [5, 5.41) is 1.78. The summed E-state index contributed by atoms with van der Waals surface area (Å²) in [5.41, 5.74) is 0.948. The molecule has 22 heavy (non-hydrogen) atoms. The minimum atomic E-state index is -3.34. The molecule has 0 aromatic carbocycles. The van der Waals surface area contributed by atoms with Crippen molar-refractivity contribution in [1.82, 2.24) is 9.29 Å². The number of ether oxygens (including phenoxy) is 1. The van der Waals surface area contributed by atoms with Gasteiger partial charge in [-0.3, -0.25) is 4.98 Å². The van der Waals surface area contributed by atoms with Crippen molar-refractivity contribution in [2.75, 3.05) is 13.1 Å². The highest BCUT2D eigenvalue weighted by molar-refractivity contribution is 7.91. The average molecular weight is 338 g/mol. The summed E-state index contributed by atoms with van der Waals surface area (Å²) in [7, 11) is -3.34. The Morgan fingerprint density at radius 1 is 1.27 bits per heavy atom. The molecule has 5 nitrogen and oxygen atoms in total. The molecule has 2 aromatic rings. The van der Waals surface area contributed by atoms with E-state index in [4.69, 9.17) is 4.74 Å². The SMILES string of the molecule is Cc1ccc(OC2CCN(S(=O)(=O)c3cccs3)CC2)cn1. The zero-order chi connectivity index (χ0) is 15.6. The van der Waals surface area contributed by atoms with Crippen LogP contribution in [0.5, 0.6) is 5.75 Å². The van der Waals surface area contributed by atoms with Crippen LogP contribution in [0.3, 0.4) is 0 Å². The van der Waals surface area contributed by atoms with E-state index in [1.165, 1.54) is 11.3 Å². The summed E-state index contributed by atoms with van der Waals surface area (Å²) >= 11 is 1.26. The number of nitrogens with zero attached hydrogens (tertiary/aromatic N) is 2. The van der Waals surface area contributed by atoms with Crippen molar-refractivity contribution in [2.45, 2.75) is 30.1 Å². The monoisotopic (exact) mass is 338 g/mol. The molecule has 1 fully saturated rings. The fraction of sp³-hybridized carbons (Fsp3) is 0.400. The predicted molar refractivity (Wildman–Crippen MR) is 85.7 cm³/mol. The maximum Gasteiger partial charge on any atom is 0.252 e. The normalized spacial score (nSPS) is 17.5. The number of aromatic nitrogens is 1. The van der Waals surface area contributed by atoms with Gasteiger partial charge in [0, 0.05) is 18.8 Å². The van der Waals surface area contributed by atoms with Gasteiger partial charge in [0.1, 0.15) is 16.1 Å².